The van der Waals surface area contributed by atoms with Crippen LogP contribution in [0.2, 0.25) is 0 Å². The molecule has 148 valence electrons. The predicted molar refractivity (Wildman–Crippen MR) is 116 cm³/mol. The molecule has 1 aliphatic heterocycles. The van der Waals surface area contributed by atoms with Crippen LogP contribution in [0.3, 0.4) is 0 Å². The van der Waals surface area contributed by atoms with Crippen LogP contribution in [0.15, 0.2) is 73.1 Å². The Kier molecular flexibility index (Phi) is 6.15. The van der Waals surface area contributed by atoms with E-state index in [1.54, 1.807) is 0 Å². The fourth-order valence-electron chi connectivity index (χ4n) is 3.76. The molecule has 3 aromatic rings. The third kappa shape index (κ3) is 4.99. The van der Waals surface area contributed by atoms with Crippen LogP contribution in [0, 0.1) is 5.92 Å². The molecular formula is C24H26N4O. The highest BCUT2D eigenvalue weighted by Gasteiger charge is 2.26. The zero-order valence-corrected chi connectivity index (χ0v) is 16.5. The maximum Gasteiger partial charge on any atom is 0.225 e. The minimum absolute atomic E-state index is 0.0167. The molecule has 1 amide bonds. The third-order valence-electron chi connectivity index (χ3n) is 5.38. The number of benzene rings is 2. The summed E-state index contributed by atoms with van der Waals surface area (Å²) in [6.45, 7) is 2.22. The lowest BCUT2D eigenvalue weighted by atomic mass is 9.97. The van der Waals surface area contributed by atoms with E-state index in [0.717, 1.165) is 36.9 Å². The molecule has 29 heavy (non-hydrogen) atoms. The number of rotatable bonds is 6. The lowest BCUT2D eigenvalue weighted by molar-refractivity contribution is -0.125. The average Bonchev–Trinajstić information content (AvgIpc) is 2.80. The average molecular weight is 386 g/mol. The van der Waals surface area contributed by atoms with Crippen LogP contribution in [0.5, 0.6) is 0 Å². The normalized spacial score (nSPS) is 16.4. The van der Waals surface area contributed by atoms with Crippen molar-refractivity contribution in [1.29, 1.82) is 0 Å². The van der Waals surface area contributed by atoms with Gasteiger partial charge in [-0.1, -0.05) is 60.7 Å². The van der Waals surface area contributed by atoms with Crippen LogP contribution in [0.1, 0.15) is 18.4 Å². The van der Waals surface area contributed by atoms with Gasteiger partial charge in [0, 0.05) is 37.6 Å². The number of carbonyl (C=O) groups is 1. The summed E-state index contributed by atoms with van der Waals surface area (Å²) < 4.78 is 0. The molecule has 0 aliphatic carbocycles. The number of hydrogen-bond donors (Lipinski definition) is 1. The van der Waals surface area contributed by atoms with Crippen molar-refractivity contribution in [2.75, 3.05) is 24.5 Å². The van der Waals surface area contributed by atoms with Crippen molar-refractivity contribution < 1.29 is 4.79 Å². The molecule has 2 aromatic carbocycles. The lowest BCUT2D eigenvalue weighted by Crippen LogP contribution is -2.44. The first-order chi connectivity index (χ1) is 14.3. The second-order valence-electron chi connectivity index (χ2n) is 7.45. The molecule has 1 saturated heterocycles. The Morgan fingerprint density at radius 2 is 1.66 bits per heavy atom. The van der Waals surface area contributed by atoms with Crippen LogP contribution in [0.4, 0.5) is 5.95 Å². The number of amides is 1. The van der Waals surface area contributed by atoms with Crippen LogP contribution < -0.4 is 10.2 Å². The summed E-state index contributed by atoms with van der Waals surface area (Å²) in [5, 5.41) is 3.10. The topological polar surface area (TPSA) is 58.1 Å². The number of piperidine rings is 1. The standard InChI is InChI=1S/C24H26N4O/c29-23(25-14-13-19-8-3-1-4-9-19)21-12-7-15-28(18-21)24-26-16-22(17-27-24)20-10-5-2-6-11-20/h1-6,8-11,16-17,21H,7,12-15,18H2,(H,25,29)/t21-/m0/s1. The molecule has 0 unspecified atom stereocenters. The van der Waals surface area contributed by atoms with Gasteiger partial charge in [0.1, 0.15) is 0 Å². The smallest absolute Gasteiger partial charge is 0.225 e. The van der Waals surface area contributed by atoms with E-state index in [2.05, 4.69) is 44.5 Å². The Morgan fingerprint density at radius 3 is 2.38 bits per heavy atom. The number of nitrogens with one attached hydrogen (secondary N) is 1. The first kappa shape index (κ1) is 19.1. The number of carbonyl (C=O) groups excluding carboxylic acids is 1. The Labute approximate surface area is 171 Å². The van der Waals surface area contributed by atoms with Crippen molar-refractivity contribution >= 4 is 11.9 Å². The number of anilines is 1. The van der Waals surface area contributed by atoms with Gasteiger partial charge in [-0.05, 0) is 30.4 Å². The van der Waals surface area contributed by atoms with E-state index in [9.17, 15) is 4.79 Å². The maximum absolute atomic E-state index is 12.6. The Balaban J connectivity index is 1.32. The van der Waals surface area contributed by atoms with Gasteiger partial charge in [0.25, 0.3) is 0 Å². The van der Waals surface area contributed by atoms with E-state index in [-0.39, 0.29) is 11.8 Å². The fraction of sp³-hybridized carbons (Fsp3) is 0.292. The molecule has 1 aliphatic rings. The van der Waals surface area contributed by atoms with Gasteiger partial charge in [0.15, 0.2) is 0 Å². The van der Waals surface area contributed by atoms with Crippen LogP contribution in [-0.4, -0.2) is 35.5 Å². The summed E-state index contributed by atoms with van der Waals surface area (Å²) in [6.07, 6.45) is 6.46. The minimum Gasteiger partial charge on any atom is -0.355 e. The molecule has 0 spiro atoms. The second kappa shape index (κ2) is 9.32. The molecule has 1 N–H and O–H groups in total. The SMILES string of the molecule is O=C(NCCc1ccccc1)[C@H]1CCCN(c2ncc(-c3ccccc3)cn2)C1. The van der Waals surface area contributed by atoms with Crippen molar-refractivity contribution in [1.82, 2.24) is 15.3 Å². The maximum atomic E-state index is 12.6. The van der Waals surface area contributed by atoms with Crippen molar-refractivity contribution in [2.45, 2.75) is 19.3 Å². The fourth-order valence-corrected chi connectivity index (χ4v) is 3.76. The van der Waals surface area contributed by atoms with Crippen molar-refractivity contribution in [3.8, 4) is 11.1 Å². The summed E-state index contributed by atoms with van der Waals surface area (Å²) in [6, 6.07) is 20.4. The molecular weight excluding hydrogens is 360 g/mol. The first-order valence-corrected chi connectivity index (χ1v) is 10.2. The van der Waals surface area contributed by atoms with E-state index in [0.29, 0.717) is 19.0 Å². The van der Waals surface area contributed by atoms with E-state index < -0.39 is 0 Å². The number of hydrogen-bond acceptors (Lipinski definition) is 4. The van der Waals surface area contributed by atoms with E-state index in [4.69, 9.17) is 0 Å². The third-order valence-corrected chi connectivity index (χ3v) is 5.38. The Bertz CT molecular complexity index is 913. The van der Waals surface area contributed by atoms with Crippen molar-refractivity contribution in [3.05, 3.63) is 78.6 Å². The molecule has 1 fully saturated rings. The number of aromatic nitrogens is 2. The quantitative estimate of drug-likeness (QED) is 0.701. The van der Waals surface area contributed by atoms with Gasteiger partial charge >= 0.3 is 0 Å². The molecule has 1 aromatic heterocycles. The molecule has 0 radical (unpaired) electrons. The van der Waals surface area contributed by atoms with Gasteiger partial charge < -0.3 is 10.2 Å². The first-order valence-electron chi connectivity index (χ1n) is 10.2. The van der Waals surface area contributed by atoms with E-state index in [1.165, 1.54) is 5.56 Å². The van der Waals surface area contributed by atoms with E-state index in [1.807, 2.05) is 48.8 Å². The van der Waals surface area contributed by atoms with Gasteiger partial charge in [-0.3, -0.25) is 4.79 Å². The molecule has 0 bridgehead atoms. The van der Waals surface area contributed by atoms with Gasteiger partial charge in [-0.25, -0.2) is 9.97 Å². The van der Waals surface area contributed by atoms with Gasteiger partial charge in [0.05, 0.1) is 5.92 Å². The zero-order valence-electron chi connectivity index (χ0n) is 16.5. The summed E-state index contributed by atoms with van der Waals surface area (Å²) >= 11 is 0. The highest BCUT2D eigenvalue weighted by atomic mass is 16.1. The lowest BCUT2D eigenvalue weighted by Gasteiger charge is -2.32. The molecule has 5 heteroatoms. The van der Waals surface area contributed by atoms with Crippen molar-refractivity contribution in [3.63, 3.8) is 0 Å². The van der Waals surface area contributed by atoms with Crippen LogP contribution in [-0.2, 0) is 11.2 Å². The zero-order chi connectivity index (χ0) is 19.9. The predicted octanol–water partition coefficient (Wildman–Crippen LogP) is 3.72. The summed E-state index contributed by atoms with van der Waals surface area (Å²) in [7, 11) is 0. The summed E-state index contributed by atoms with van der Waals surface area (Å²) in [5.74, 6) is 0.815. The largest absolute Gasteiger partial charge is 0.355 e. The highest BCUT2D eigenvalue weighted by molar-refractivity contribution is 5.79. The van der Waals surface area contributed by atoms with E-state index >= 15 is 0 Å². The Morgan fingerprint density at radius 1 is 0.966 bits per heavy atom. The molecule has 4 rings (SSSR count). The van der Waals surface area contributed by atoms with Crippen molar-refractivity contribution in [2.24, 2.45) is 5.92 Å². The molecule has 0 saturated carbocycles. The minimum atomic E-state index is -0.0167. The van der Waals surface area contributed by atoms with Crippen LogP contribution in [0.25, 0.3) is 11.1 Å². The number of nitrogens with zero attached hydrogens (tertiary/aromatic N) is 3. The summed E-state index contributed by atoms with van der Waals surface area (Å²) in [5.41, 5.74) is 3.35. The van der Waals surface area contributed by atoms with Gasteiger partial charge in [-0.15, -0.1) is 0 Å². The van der Waals surface area contributed by atoms with Gasteiger partial charge in [0.2, 0.25) is 11.9 Å². The summed E-state index contributed by atoms with van der Waals surface area (Å²) in [4.78, 5) is 23.9. The molecule has 1 atom stereocenters. The highest BCUT2D eigenvalue weighted by Crippen LogP contribution is 2.22. The molecule has 2 heterocycles. The van der Waals surface area contributed by atoms with Gasteiger partial charge in [-0.2, -0.15) is 0 Å². The van der Waals surface area contributed by atoms with Crippen LogP contribution >= 0.6 is 0 Å². The monoisotopic (exact) mass is 386 g/mol. The molecule has 5 nitrogen and oxygen atoms in total. The second-order valence-corrected chi connectivity index (χ2v) is 7.45. The Hall–Kier alpha value is -3.21.